The molecule has 7 nitrogen and oxygen atoms in total. The highest BCUT2D eigenvalue weighted by Crippen LogP contribution is 2.13. The second-order valence-corrected chi connectivity index (χ2v) is 4.41. The number of amides is 1. The maximum absolute atomic E-state index is 11.5. The van der Waals surface area contributed by atoms with Gasteiger partial charge >= 0.3 is 5.97 Å². The van der Waals surface area contributed by atoms with Crippen LogP contribution in [0, 0.1) is 25.2 Å². The van der Waals surface area contributed by atoms with Gasteiger partial charge in [0.05, 0.1) is 18.2 Å². The van der Waals surface area contributed by atoms with Crippen LogP contribution in [0.3, 0.4) is 0 Å². The molecule has 21 heavy (non-hydrogen) atoms. The van der Waals surface area contributed by atoms with Gasteiger partial charge in [0.15, 0.2) is 6.61 Å². The number of carbonyl (C=O) groups is 2. The first kappa shape index (κ1) is 16.4. The molecule has 0 fully saturated rings. The van der Waals surface area contributed by atoms with Gasteiger partial charge in [-0.2, -0.15) is 10.4 Å². The molecule has 0 spiro atoms. The van der Waals surface area contributed by atoms with Crippen LogP contribution in [-0.4, -0.2) is 34.8 Å². The lowest BCUT2D eigenvalue weighted by molar-refractivity contribution is -0.143. The van der Waals surface area contributed by atoms with E-state index in [0.29, 0.717) is 0 Å². The highest BCUT2D eigenvalue weighted by molar-refractivity contribution is 5.89. The molecule has 1 aromatic rings. The van der Waals surface area contributed by atoms with E-state index in [0.717, 1.165) is 17.0 Å². The van der Waals surface area contributed by atoms with Gasteiger partial charge in [-0.1, -0.05) is 0 Å². The van der Waals surface area contributed by atoms with Gasteiger partial charge in [-0.3, -0.25) is 9.48 Å². The molecule has 1 N–H and O–H groups in total. The molecule has 1 aromatic heterocycles. The highest BCUT2D eigenvalue weighted by atomic mass is 16.5. The van der Waals surface area contributed by atoms with E-state index in [2.05, 4.69) is 10.4 Å². The van der Waals surface area contributed by atoms with Crippen molar-refractivity contribution in [2.24, 2.45) is 7.05 Å². The standard InChI is InChI=1S/C14H18N4O3/c1-10-12(11(2)18(3)17-10)5-6-14(20)21-9-13(19)16-8-4-7-15/h5-6H,4,8-9H2,1-3H3,(H,16,19)/b6-5+. The summed E-state index contributed by atoms with van der Waals surface area (Å²) in [5, 5.41) is 15.0. The van der Waals surface area contributed by atoms with E-state index < -0.39 is 11.9 Å². The van der Waals surface area contributed by atoms with E-state index in [4.69, 9.17) is 10.00 Å². The summed E-state index contributed by atoms with van der Waals surface area (Å²) in [7, 11) is 1.82. The minimum atomic E-state index is -0.604. The normalized spacial score (nSPS) is 10.4. The van der Waals surface area contributed by atoms with Gasteiger partial charge in [0, 0.05) is 30.9 Å². The molecule has 0 aromatic carbocycles. The summed E-state index contributed by atoms with van der Waals surface area (Å²) in [5.74, 6) is -1.03. The van der Waals surface area contributed by atoms with Crippen LogP contribution >= 0.6 is 0 Å². The van der Waals surface area contributed by atoms with Crippen molar-refractivity contribution < 1.29 is 14.3 Å². The zero-order valence-electron chi connectivity index (χ0n) is 12.3. The van der Waals surface area contributed by atoms with E-state index in [1.807, 2.05) is 27.0 Å². The van der Waals surface area contributed by atoms with E-state index in [9.17, 15) is 9.59 Å². The Morgan fingerprint density at radius 2 is 2.19 bits per heavy atom. The molecule has 0 aliphatic rings. The first-order valence-electron chi connectivity index (χ1n) is 6.44. The highest BCUT2D eigenvalue weighted by Gasteiger charge is 2.08. The van der Waals surface area contributed by atoms with Crippen LogP contribution in [0.25, 0.3) is 6.08 Å². The van der Waals surface area contributed by atoms with Crippen molar-refractivity contribution in [1.29, 1.82) is 5.26 Å². The number of aryl methyl sites for hydroxylation is 2. The SMILES string of the molecule is Cc1nn(C)c(C)c1/C=C/C(=O)OCC(=O)NCCC#N. The van der Waals surface area contributed by atoms with E-state index >= 15 is 0 Å². The lowest BCUT2D eigenvalue weighted by Gasteiger charge is -2.02. The minimum absolute atomic E-state index is 0.221. The third kappa shape index (κ3) is 5.10. The third-order valence-electron chi connectivity index (χ3n) is 2.86. The van der Waals surface area contributed by atoms with Gasteiger partial charge in [-0.25, -0.2) is 4.79 Å². The average Bonchev–Trinajstić information content (AvgIpc) is 2.68. The molecule has 1 rings (SSSR count). The fourth-order valence-corrected chi connectivity index (χ4v) is 1.68. The van der Waals surface area contributed by atoms with E-state index in [1.54, 1.807) is 10.8 Å². The molecule has 0 saturated heterocycles. The molecule has 1 heterocycles. The number of nitriles is 1. The number of hydrogen-bond acceptors (Lipinski definition) is 5. The quantitative estimate of drug-likeness (QED) is 0.470. The fourth-order valence-electron chi connectivity index (χ4n) is 1.68. The molecule has 0 atom stereocenters. The molecule has 7 heteroatoms. The van der Waals surface area contributed by atoms with Crippen molar-refractivity contribution in [1.82, 2.24) is 15.1 Å². The first-order chi connectivity index (χ1) is 9.95. The van der Waals surface area contributed by atoms with Crippen molar-refractivity contribution in [3.63, 3.8) is 0 Å². The molecule has 0 saturated carbocycles. The van der Waals surface area contributed by atoms with Crippen molar-refractivity contribution in [3.8, 4) is 6.07 Å². The smallest absolute Gasteiger partial charge is 0.331 e. The summed E-state index contributed by atoms with van der Waals surface area (Å²) in [6, 6.07) is 1.90. The van der Waals surface area contributed by atoms with Crippen LogP contribution in [0.2, 0.25) is 0 Å². The Balaban J connectivity index is 2.45. The molecular weight excluding hydrogens is 272 g/mol. The molecular formula is C14H18N4O3. The molecule has 0 radical (unpaired) electrons. The number of hydrogen-bond donors (Lipinski definition) is 1. The van der Waals surface area contributed by atoms with Crippen LogP contribution in [0.5, 0.6) is 0 Å². The average molecular weight is 290 g/mol. The summed E-state index contributed by atoms with van der Waals surface area (Å²) in [6.07, 6.45) is 3.10. The maximum Gasteiger partial charge on any atom is 0.331 e. The maximum atomic E-state index is 11.5. The topological polar surface area (TPSA) is 97.0 Å². The first-order valence-corrected chi connectivity index (χ1v) is 6.44. The van der Waals surface area contributed by atoms with Crippen LogP contribution < -0.4 is 5.32 Å². The third-order valence-corrected chi connectivity index (χ3v) is 2.86. The van der Waals surface area contributed by atoms with Gasteiger partial charge in [-0.05, 0) is 19.9 Å². The Bertz CT molecular complexity index is 596. The predicted octanol–water partition coefficient (Wildman–Crippen LogP) is 0.623. The Kier molecular flexibility index (Phi) is 6.14. The summed E-state index contributed by atoms with van der Waals surface area (Å²) in [6.45, 7) is 3.63. The van der Waals surface area contributed by atoms with Crippen molar-refractivity contribution >= 4 is 18.0 Å². The lowest BCUT2D eigenvalue weighted by Crippen LogP contribution is -2.29. The zero-order valence-corrected chi connectivity index (χ0v) is 12.3. The monoisotopic (exact) mass is 290 g/mol. The largest absolute Gasteiger partial charge is 0.452 e. The van der Waals surface area contributed by atoms with Crippen LogP contribution in [0.1, 0.15) is 23.4 Å². The second kappa shape index (κ2) is 7.85. The molecule has 0 bridgehead atoms. The predicted molar refractivity (Wildman–Crippen MR) is 75.9 cm³/mol. The van der Waals surface area contributed by atoms with Crippen LogP contribution in [-0.2, 0) is 21.4 Å². The Labute approximate surface area is 123 Å². The number of rotatable bonds is 6. The molecule has 0 aliphatic heterocycles. The summed E-state index contributed by atoms with van der Waals surface area (Å²) < 4.78 is 6.52. The summed E-state index contributed by atoms with van der Waals surface area (Å²) in [4.78, 5) is 22.8. The van der Waals surface area contributed by atoms with Crippen molar-refractivity contribution in [2.45, 2.75) is 20.3 Å². The minimum Gasteiger partial charge on any atom is -0.452 e. The Morgan fingerprint density at radius 3 is 2.76 bits per heavy atom. The van der Waals surface area contributed by atoms with Crippen LogP contribution in [0.15, 0.2) is 6.08 Å². The zero-order chi connectivity index (χ0) is 15.8. The number of esters is 1. The van der Waals surface area contributed by atoms with Gasteiger partial charge in [0.25, 0.3) is 5.91 Å². The van der Waals surface area contributed by atoms with Gasteiger partial charge in [0.1, 0.15) is 0 Å². The number of aromatic nitrogens is 2. The Hall–Kier alpha value is -2.62. The van der Waals surface area contributed by atoms with Crippen molar-refractivity contribution in [2.75, 3.05) is 13.2 Å². The van der Waals surface area contributed by atoms with E-state index in [-0.39, 0.29) is 19.6 Å². The van der Waals surface area contributed by atoms with Gasteiger partial charge < -0.3 is 10.1 Å². The number of nitrogens with one attached hydrogen (secondary N) is 1. The summed E-state index contributed by atoms with van der Waals surface area (Å²) >= 11 is 0. The van der Waals surface area contributed by atoms with Gasteiger partial charge in [0.2, 0.25) is 0 Å². The molecule has 0 aliphatic carbocycles. The molecule has 0 unspecified atom stereocenters. The van der Waals surface area contributed by atoms with Gasteiger partial charge in [-0.15, -0.1) is 0 Å². The lowest BCUT2D eigenvalue weighted by atomic mass is 10.2. The van der Waals surface area contributed by atoms with E-state index in [1.165, 1.54) is 6.08 Å². The van der Waals surface area contributed by atoms with Crippen LogP contribution in [0.4, 0.5) is 0 Å². The number of ether oxygens (including phenoxy) is 1. The molecule has 112 valence electrons. The second-order valence-electron chi connectivity index (χ2n) is 4.41. The number of nitrogens with zero attached hydrogens (tertiary/aromatic N) is 3. The summed E-state index contributed by atoms with van der Waals surface area (Å²) in [5.41, 5.74) is 2.60. The molecule has 1 amide bonds. The number of carbonyl (C=O) groups excluding carboxylic acids is 2. The van der Waals surface area contributed by atoms with Crippen molar-refractivity contribution in [3.05, 3.63) is 23.0 Å². The fraction of sp³-hybridized carbons (Fsp3) is 0.429. The Morgan fingerprint density at radius 1 is 1.48 bits per heavy atom.